The van der Waals surface area contributed by atoms with Gasteiger partial charge in [0.15, 0.2) is 5.69 Å². The molecule has 9 heteroatoms. The first-order valence-corrected chi connectivity index (χ1v) is 10.5. The topological polar surface area (TPSA) is 83.8 Å². The van der Waals surface area contributed by atoms with Crippen LogP contribution in [0.3, 0.4) is 0 Å². The van der Waals surface area contributed by atoms with Crippen molar-refractivity contribution in [1.29, 1.82) is 0 Å². The second-order valence-electron chi connectivity index (χ2n) is 6.51. The van der Waals surface area contributed by atoms with E-state index in [1.54, 1.807) is 29.3 Å². The highest BCUT2D eigenvalue weighted by Crippen LogP contribution is 2.22. The number of imidazole rings is 1. The summed E-state index contributed by atoms with van der Waals surface area (Å²) in [5.41, 5.74) is 0.744. The van der Waals surface area contributed by atoms with E-state index in [0.717, 1.165) is 32.2 Å². The highest BCUT2D eigenvalue weighted by atomic mass is 35.5. The number of pyridine rings is 1. The molecule has 26 heavy (non-hydrogen) atoms. The van der Waals surface area contributed by atoms with E-state index in [-0.39, 0.29) is 29.2 Å². The number of amides is 1. The zero-order chi connectivity index (χ0) is 18.0. The third kappa shape index (κ3) is 4.19. The van der Waals surface area contributed by atoms with Crippen LogP contribution in [0.25, 0.3) is 5.52 Å². The lowest BCUT2D eigenvalue weighted by atomic mass is 9.96. The number of hydrogen-bond donors (Lipinski definition) is 1. The Labute approximate surface area is 160 Å². The number of nitrogens with one attached hydrogen (secondary N) is 1. The molecule has 1 aliphatic rings. The van der Waals surface area contributed by atoms with E-state index in [0.29, 0.717) is 24.5 Å². The normalized spacial score (nSPS) is 15.8. The predicted octanol–water partition coefficient (Wildman–Crippen LogP) is 1.62. The lowest BCUT2D eigenvalue weighted by Crippen LogP contribution is -2.41. The Morgan fingerprint density at radius 1 is 1.31 bits per heavy atom. The van der Waals surface area contributed by atoms with Crippen molar-refractivity contribution in [2.45, 2.75) is 24.9 Å². The molecule has 0 unspecified atom stereocenters. The summed E-state index contributed by atoms with van der Waals surface area (Å²) in [6, 6.07) is 5.24. The number of carbonyl (C=O) groups excluding carboxylic acids is 1. The summed E-state index contributed by atoms with van der Waals surface area (Å²) in [6.07, 6.45) is 4.63. The van der Waals surface area contributed by atoms with Gasteiger partial charge in [0.05, 0.1) is 5.52 Å². The standard InChI is InChI=1S/C17H24N4O3S.ClH/c1-3-18-12-13-7-10-20(11-8-13)16(22)15-14-6-4-5-9-21(14)17(19-15)25(2,23)24;/h4-6,9,13,18H,3,7-8,10-12H2,1-2H3;1H. The van der Waals surface area contributed by atoms with E-state index in [4.69, 9.17) is 0 Å². The van der Waals surface area contributed by atoms with E-state index in [1.807, 2.05) is 0 Å². The Bertz CT molecular complexity index is 873. The Hall–Kier alpha value is -1.64. The fourth-order valence-electron chi connectivity index (χ4n) is 3.27. The number of hydrogen-bond acceptors (Lipinski definition) is 5. The third-order valence-corrected chi connectivity index (χ3v) is 5.59. The second-order valence-corrected chi connectivity index (χ2v) is 8.42. The predicted molar refractivity (Wildman–Crippen MR) is 103 cm³/mol. The Balaban J connectivity index is 0.00000243. The van der Waals surface area contributed by atoms with Gasteiger partial charge in [0.2, 0.25) is 15.0 Å². The molecule has 2 aromatic heterocycles. The van der Waals surface area contributed by atoms with Gasteiger partial charge >= 0.3 is 0 Å². The monoisotopic (exact) mass is 400 g/mol. The van der Waals surface area contributed by atoms with Crippen molar-refractivity contribution in [3.63, 3.8) is 0 Å². The number of carbonyl (C=O) groups is 1. The SMILES string of the molecule is CCNCC1CCN(C(=O)c2nc(S(C)(=O)=O)n3ccccc23)CC1.Cl. The van der Waals surface area contributed by atoms with Crippen molar-refractivity contribution in [3.05, 3.63) is 30.1 Å². The van der Waals surface area contributed by atoms with E-state index in [1.165, 1.54) is 4.40 Å². The molecular formula is C17H25ClN4O3S. The Kier molecular flexibility index (Phi) is 6.65. The van der Waals surface area contributed by atoms with Gasteiger partial charge in [0.25, 0.3) is 5.91 Å². The zero-order valence-electron chi connectivity index (χ0n) is 15.0. The van der Waals surface area contributed by atoms with Gasteiger partial charge in [-0.25, -0.2) is 13.4 Å². The maximum absolute atomic E-state index is 12.9. The number of aromatic nitrogens is 2. The van der Waals surface area contributed by atoms with Crippen molar-refractivity contribution in [3.8, 4) is 0 Å². The average molecular weight is 401 g/mol. The molecule has 0 atom stereocenters. The summed E-state index contributed by atoms with van der Waals surface area (Å²) in [4.78, 5) is 18.9. The molecule has 0 aliphatic carbocycles. The van der Waals surface area contributed by atoms with Gasteiger partial charge in [-0.2, -0.15) is 0 Å². The number of piperidine rings is 1. The Morgan fingerprint density at radius 2 is 2.00 bits per heavy atom. The van der Waals surface area contributed by atoms with Crippen molar-refractivity contribution < 1.29 is 13.2 Å². The number of nitrogens with zero attached hydrogens (tertiary/aromatic N) is 3. The van der Waals surface area contributed by atoms with Gasteiger partial charge in [-0.05, 0) is 44.0 Å². The highest BCUT2D eigenvalue weighted by molar-refractivity contribution is 7.90. The molecule has 7 nitrogen and oxygen atoms in total. The van der Waals surface area contributed by atoms with E-state index in [2.05, 4.69) is 17.2 Å². The minimum absolute atomic E-state index is 0. The van der Waals surface area contributed by atoms with Crippen molar-refractivity contribution in [2.24, 2.45) is 5.92 Å². The molecule has 0 saturated carbocycles. The summed E-state index contributed by atoms with van der Waals surface area (Å²) in [5.74, 6) is 0.384. The lowest BCUT2D eigenvalue weighted by Gasteiger charge is -2.31. The highest BCUT2D eigenvalue weighted by Gasteiger charge is 2.28. The van der Waals surface area contributed by atoms with E-state index < -0.39 is 9.84 Å². The molecule has 144 valence electrons. The van der Waals surface area contributed by atoms with Crippen LogP contribution in [0.2, 0.25) is 0 Å². The van der Waals surface area contributed by atoms with Crippen LogP contribution in [0.15, 0.2) is 29.6 Å². The van der Waals surface area contributed by atoms with Gasteiger partial charge in [-0.3, -0.25) is 9.20 Å². The first-order valence-electron chi connectivity index (χ1n) is 8.59. The number of halogens is 1. The molecule has 3 rings (SSSR count). The van der Waals surface area contributed by atoms with Crippen LogP contribution in [0, 0.1) is 5.92 Å². The van der Waals surface area contributed by atoms with Crippen molar-refractivity contribution in [1.82, 2.24) is 19.6 Å². The fraction of sp³-hybridized carbons (Fsp3) is 0.529. The largest absolute Gasteiger partial charge is 0.337 e. The van der Waals surface area contributed by atoms with Gasteiger partial charge in [0, 0.05) is 25.5 Å². The number of sulfone groups is 1. The molecule has 1 N–H and O–H groups in total. The van der Waals surface area contributed by atoms with Crippen molar-refractivity contribution in [2.75, 3.05) is 32.4 Å². The van der Waals surface area contributed by atoms with Crippen LogP contribution >= 0.6 is 12.4 Å². The average Bonchev–Trinajstić information content (AvgIpc) is 3.00. The lowest BCUT2D eigenvalue weighted by molar-refractivity contribution is 0.0686. The molecule has 1 amide bonds. The molecule has 1 fully saturated rings. The molecule has 0 spiro atoms. The van der Waals surface area contributed by atoms with Gasteiger partial charge in [-0.15, -0.1) is 12.4 Å². The first kappa shape index (κ1) is 20.7. The number of likely N-dealkylation sites (tertiary alicyclic amines) is 1. The minimum atomic E-state index is -3.52. The van der Waals surface area contributed by atoms with Crippen LogP contribution in [-0.2, 0) is 9.84 Å². The molecule has 0 aromatic carbocycles. The Morgan fingerprint density at radius 3 is 2.62 bits per heavy atom. The molecule has 3 heterocycles. The van der Waals surface area contributed by atoms with Crippen LogP contribution in [-0.4, -0.2) is 61.0 Å². The van der Waals surface area contributed by atoms with E-state index >= 15 is 0 Å². The van der Waals surface area contributed by atoms with Crippen LogP contribution < -0.4 is 5.32 Å². The third-order valence-electron chi connectivity index (χ3n) is 4.64. The summed E-state index contributed by atoms with van der Waals surface area (Å²) in [5, 5.41) is 3.26. The van der Waals surface area contributed by atoms with E-state index in [9.17, 15) is 13.2 Å². The smallest absolute Gasteiger partial charge is 0.274 e. The van der Waals surface area contributed by atoms with Gasteiger partial charge < -0.3 is 10.2 Å². The second kappa shape index (κ2) is 8.37. The molecule has 0 radical (unpaired) electrons. The first-order chi connectivity index (χ1) is 11.9. The van der Waals surface area contributed by atoms with Crippen molar-refractivity contribution >= 4 is 33.7 Å². The maximum atomic E-state index is 12.9. The molecular weight excluding hydrogens is 376 g/mol. The summed E-state index contributed by atoms with van der Waals surface area (Å²) < 4.78 is 25.4. The number of rotatable bonds is 5. The molecule has 1 aliphatic heterocycles. The summed E-state index contributed by atoms with van der Waals surface area (Å²) >= 11 is 0. The summed E-state index contributed by atoms with van der Waals surface area (Å²) in [7, 11) is -3.52. The number of fused-ring (bicyclic) bond motifs is 1. The zero-order valence-corrected chi connectivity index (χ0v) is 16.6. The van der Waals surface area contributed by atoms with Gasteiger partial charge in [-0.1, -0.05) is 13.0 Å². The molecule has 1 saturated heterocycles. The molecule has 0 bridgehead atoms. The van der Waals surface area contributed by atoms with Gasteiger partial charge in [0.1, 0.15) is 0 Å². The molecule has 2 aromatic rings. The van der Waals surface area contributed by atoms with Crippen LogP contribution in [0.1, 0.15) is 30.3 Å². The van der Waals surface area contributed by atoms with Crippen LogP contribution in [0.4, 0.5) is 0 Å². The fourth-order valence-corrected chi connectivity index (χ4v) is 4.04. The maximum Gasteiger partial charge on any atom is 0.274 e. The van der Waals surface area contributed by atoms with Crippen LogP contribution in [0.5, 0.6) is 0 Å². The quantitative estimate of drug-likeness (QED) is 0.824. The summed E-state index contributed by atoms with van der Waals surface area (Å²) in [6.45, 7) is 5.37. The minimum Gasteiger partial charge on any atom is -0.337 e.